The lowest BCUT2D eigenvalue weighted by atomic mass is 9.90. The minimum absolute atomic E-state index is 0.0134. The Kier molecular flexibility index (Phi) is 33.7. The smallest absolute Gasteiger partial charge is 0.306 e. The van der Waals surface area contributed by atoms with Gasteiger partial charge in [-0.05, 0) is 76.7 Å². The summed E-state index contributed by atoms with van der Waals surface area (Å²) in [4.78, 5) is 27.7. The number of carbonyl (C=O) groups is 2. The van der Waals surface area contributed by atoms with Gasteiger partial charge in [-0.1, -0.05) is 149 Å². The van der Waals surface area contributed by atoms with Gasteiger partial charge in [0.15, 0.2) is 0 Å². The molecule has 0 spiro atoms. The van der Waals surface area contributed by atoms with Gasteiger partial charge in [-0.3, -0.25) is 14.5 Å². The first-order chi connectivity index (χ1) is 25.0. The first-order valence-electron chi connectivity index (χ1n) is 22.6. The molecule has 0 saturated carbocycles. The molecule has 2 unspecified atom stereocenters. The van der Waals surface area contributed by atoms with E-state index in [2.05, 4.69) is 25.7 Å². The Morgan fingerprint density at radius 1 is 0.569 bits per heavy atom. The summed E-state index contributed by atoms with van der Waals surface area (Å²) < 4.78 is 17.0. The van der Waals surface area contributed by atoms with E-state index in [0.29, 0.717) is 25.5 Å². The van der Waals surface area contributed by atoms with Crippen molar-refractivity contribution in [1.29, 1.82) is 0 Å². The second-order valence-corrected chi connectivity index (χ2v) is 15.9. The van der Waals surface area contributed by atoms with Gasteiger partial charge >= 0.3 is 11.9 Å². The highest BCUT2D eigenvalue weighted by Crippen LogP contribution is 2.32. The molecule has 1 aliphatic rings. The maximum atomic E-state index is 12.9. The average Bonchev–Trinajstić information content (AvgIpc) is 3.51. The van der Waals surface area contributed by atoms with Crippen LogP contribution in [0.5, 0.6) is 0 Å². The second-order valence-electron chi connectivity index (χ2n) is 15.9. The van der Waals surface area contributed by atoms with E-state index in [9.17, 15) is 9.59 Å². The summed E-state index contributed by atoms with van der Waals surface area (Å²) in [6.45, 7) is 10.3. The van der Waals surface area contributed by atoms with Crippen LogP contribution in [0, 0.1) is 5.92 Å². The molecular weight excluding hydrogens is 634 g/mol. The van der Waals surface area contributed by atoms with Crippen LogP contribution in [0.15, 0.2) is 0 Å². The van der Waals surface area contributed by atoms with Crippen molar-refractivity contribution in [1.82, 2.24) is 4.90 Å². The fraction of sp³-hybridized carbons (Fsp3) is 0.956. The molecule has 51 heavy (non-hydrogen) atoms. The van der Waals surface area contributed by atoms with Crippen molar-refractivity contribution in [2.75, 3.05) is 33.4 Å². The molecule has 6 heteroatoms. The van der Waals surface area contributed by atoms with Crippen LogP contribution in [-0.4, -0.2) is 62.4 Å². The Morgan fingerprint density at radius 2 is 1.06 bits per heavy atom. The molecule has 0 aromatic heterocycles. The normalized spacial score (nSPS) is 16.3. The first-order valence-corrected chi connectivity index (χ1v) is 22.6. The third-order valence-electron chi connectivity index (χ3n) is 11.3. The number of likely N-dealkylation sites (tertiary alicyclic amines) is 1. The summed E-state index contributed by atoms with van der Waals surface area (Å²) in [5.41, 5.74) is 0. The van der Waals surface area contributed by atoms with Crippen LogP contribution in [0.25, 0.3) is 0 Å². The zero-order valence-corrected chi connectivity index (χ0v) is 34.7. The Bertz CT molecular complexity index is 760. The Morgan fingerprint density at radius 3 is 1.63 bits per heavy atom. The monoisotopic (exact) mass is 722 g/mol. The molecule has 0 aromatic carbocycles. The Hall–Kier alpha value is -1.14. The molecule has 302 valence electrons. The fourth-order valence-corrected chi connectivity index (χ4v) is 8.01. The van der Waals surface area contributed by atoms with Gasteiger partial charge in [0.2, 0.25) is 0 Å². The topological polar surface area (TPSA) is 65.1 Å². The first kappa shape index (κ1) is 47.9. The lowest BCUT2D eigenvalue weighted by molar-refractivity contribution is -0.150. The molecular formula is C45H87NO5. The Labute approximate surface area is 317 Å². The minimum Gasteiger partial charge on any atom is -0.466 e. The van der Waals surface area contributed by atoms with Gasteiger partial charge in [-0.2, -0.15) is 0 Å². The van der Waals surface area contributed by atoms with Gasteiger partial charge in [0.1, 0.15) is 6.10 Å². The number of nitrogens with zero attached hydrogens (tertiary/aromatic N) is 1. The molecule has 0 bridgehead atoms. The summed E-state index contributed by atoms with van der Waals surface area (Å²) in [7, 11) is 1.80. The standard InChI is InChI=1S/C45H87NO5/c1-5-8-11-14-17-20-29-39-50-44(47)34-27-21-23-30-41-36-37-46(38-40-49-4)43(41)33-26-22-28-35-45(48)51-42(31-24-18-15-12-9-6-2)32-25-19-16-13-10-7-3/h41-43H,5-40H2,1-4H3. The average molecular weight is 722 g/mol. The van der Waals surface area contributed by atoms with Crippen LogP contribution in [0.1, 0.15) is 226 Å². The highest BCUT2D eigenvalue weighted by atomic mass is 16.5. The highest BCUT2D eigenvalue weighted by molar-refractivity contribution is 5.69. The zero-order chi connectivity index (χ0) is 37.0. The number of methoxy groups -OCH3 is 1. The molecule has 1 aliphatic heterocycles. The lowest BCUT2D eigenvalue weighted by Crippen LogP contribution is -2.35. The van der Waals surface area contributed by atoms with E-state index >= 15 is 0 Å². The number of unbranched alkanes of at least 4 members (excludes halogenated alkanes) is 20. The summed E-state index contributed by atoms with van der Waals surface area (Å²) in [5, 5.41) is 0. The molecule has 0 amide bonds. The molecule has 0 radical (unpaired) electrons. The molecule has 0 aromatic rings. The number of rotatable bonds is 38. The number of esters is 2. The van der Waals surface area contributed by atoms with Gasteiger partial charge in [0.25, 0.3) is 0 Å². The van der Waals surface area contributed by atoms with Crippen LogP contribution >= 0.6 is 0 Å². The summed E-state index contributed by atoms with van der Waals surface area (Å²) >= 11 is 0. The number of hydrogen-bond acceptors (Lipinski definition) is 6. The van der Waals surface area contributed by atoms with Crippen molar-refractivity contribution < 1.29 is 23.8 Å². The zero-order valence-electron chi connectivity index (χ0n) is 34.7. The maximum Gasteiger partial charge on any atom is 0.306 e. The summed E-state index contributed by atoms with van der Waals surface area (Å²) in [5.74, 6) is 0.736. The van der Waals surface area contributed by atoms with Crippen LogP contribution in [0.4, 0.5) is 0 Å². The molecule has 1 fully saturated rings. The summed E-state index contributed by atoms with van der Waals surface area (Å²) in [6, 6.07) is 0.609. The van der Waals surface area contributed by atoms with Gasteiger partial charge in [-0.15, -0.1) is 0 Å². The van der Waals surface area contributed by atoms with Crippen molar-refractivity contribution in [3.8, 4) is 0 Å². The van der Waals surface area contributed by atoms with E-state index in [0.717, 1.165) is 70.6 Å². The molecule has 1 saturated heterocycles. The number of hydrogen-bond donors (Lipinski definition) is 0. The fourth-order valence-electron chi connectivity index (χ4n) is 8.01. The molecule has 0 N–H and O–H groups in total. The van der Waals surface area contributed by atoms with Crippen molar-refractivity contribution in [2.24, 2.45) is 5.92 Å². The van der Waals surface area contributed by atoms with E-state index in [1.165, 1.54) is 148 Å². The SMILES string of the molecule is CCCCCCCCCOC(=O)CCCCCC1CCN(CCOC)C1CCCCCC(=O)OC(CCCCCCCC)CCCCCCCC. The number of carbonyl (C=O) groups excluding carboxylic acids is 2. The van der Waals surface area contributed by atoms with Crippen LogP contribution in [0.3, 0.4) is 0 Å². The van der Waals surface area contributed by atoms with Gasteiger partial charge in [0.05, 0.1) is 13.2 Å². The minimum atomic E-state index is -0.0134. The third kappa shape index (κ3) is 28.0. The lowest BCUT2D eigenvalue weighted by Gasteiger charge is -2.28. The van der Waals surface area contributed by atoms with Crippen molar-refractivity contribution in [2.45, 2.75) is 238 Å². The molecule has 0 aliphatic carbocycles. The van der Waals surface area contributed by atoms with Crippen molar-refractivity contribution in [3.63, 3.8) is 0 Å². The maximum absolute atomic E-state index is 12.9. The predicted octanol–water partition coefficient (Wildman–Crippen LogP) is 12.9. The van der Waals surface area contributed by atoms with E-state index in [4.69, 9.17) is 14.2 Å². The third-order valence-corrected chi connectivity index (χ3v) is 11.3. The molecule has 2 atom stereocenters. The van der Waals surface area contributed by atoms with Crippen molar-refractivity contribution in [3.05, 3.63) is 0 Å². The van der Waals surface area contributed by atoms with E-state index in [-0.39, 0.29) is 18.0 Å². The Balaban J connectivity index is 2.33. The quantitative estimate of drug-likeness (QED) is 0.0467. The number of ether oxygens (including phenoxy) is 3. The largest absolute Gasteiger partial charge is 0.466 e. The van der Waals surface area contributed by atoms with Crippen LogP contribution in [-0.2, 0) is 23.8 Å². The molecule has 6 nitrogen and oxygen atoms in total. The molecule has 1 rings (SSSR count). The second kappa shape index (κ2) is 35.9. The molecule has 1 heterocycles. The van der Waals surface area contributed by atoms with Crippen LogP contribution in [0.2, 0.25) is 0 Å². The van der Waals surface area contributed by atoms with Crippen LogP contribution < -0.4 is 0 Å². The van der Waals surface area contributed by atoms with Crippen molar-refractivity contribution >= 4 is 11.9 Å². The predicted molar refractivity (Wildman–Crippen MR) is 216 cm³/mol. The van der Waals surface area contributed by atoms with Gasteiger partial charge < -0.3 is 14.2 Å². The van der Waals surface area contributed by atoms with Gasteiger partial charge in [-0.25, -0.2) is 0 Å². The van der Waals surface area contributed by atoms with E-state index in [1.54, 1.807) is 7.11 Å². The van der Waals surface area contributed by atoms with Gasteiger partial charge in [0, 0.05) is 32.5 Å². The highest BCUT2D eigenvalue weighted by Gasteiger charge is 2.32. The van der Waals surface area contributed by atoms with E-state index < -0.39 is 0 Å². The van der Waals surface area contributed by atoms with E-state index in [1.807, 2.05) is 0 Å². The summed E-state index contributed by atoms with van der Waals surface area (Å²) in [6.07, 6.45) is 37.6.